The van der Waals surface area contributed by atoms with Crippen molar-refractivity contribution in [2.45, 2.75) is 69.6 Å². The molecule has 4 saturated heterocycles. The zero-order chi connectivity index (χ0) is 40.1. The van der Waals surface area contributed by atoms with Crippen molar-refractivity contribution in [1.29, 1.82) is 5.26 Å². The Morgan fingerprint density at radius 2 is 1.45 bits per heavy atom. The number of imide groups is 2. The Balaban J connectivity index is 0.710. The predicted octanol–water partition coefficient (Wildman–Crippen LogP) is 4.87. The Bertz CT molecular complexity index is 2190. The van der Waals surface area contributed by atoms with E-state index in [1.807, 2.05) is 47.4 Å². The molecule has 14 heteroatoms. The van der Waals surface area contributed by atoms with Gasteiger partial charge in [-0.1, -0.05) is 11.6 Å². The minimum absolute atomic E-state index is 0.0412. The maximum Gasteiger partial charge on any atom is 0.262 e. The van der Waals surface area contributed by atoms with E-state index >= 15 is 0 Å². The van der Waals surface area contributed by atoms with Crippen molar-refractivity contribution >= 4 is 52.5 Å². The van der Waals surface area contributed by atoms with E-state index < -0.39 is 29.7 Å². The van der Waals surface area contributed by atoms with Crippen LogP contribution in [0.25, 0.3) is 0 Å². The van der Waals surface area contributed by atoms with Gasteiger partial charge in [-0.15, -0.1) is 0 Å². The van der Waals surface area contributed by atoms with Crippen molar-refractivity contribution in [2.75, 3.05) is 62.2 Å². The highest BCUT2D eigenvalue weighted by atomic mass is 35.5. The van der Waals surface area contributed by atoms with E-state index in [1.54, 1.807) is 18.2 Å². The minimum atomic E-state index is -0.980. The first-order chi connectivity index (χ1) is 28.1. The number of halogens is 1. The highest BCUT2D eigenvalue weighted by Crippen LogP contribution is 2.46. The molecule has 300 valence electrons. The number of nitrogens with zero attached hydrogens (tertiary/aromatic N) is 6. The summed E-state index contributed by atoms with van der Waals surface area (Å²) in [5.41, 5.74) is 4.00. The van der Waals surface area contributed by atoms with Crippen LogP contribution in [0.1, 0.15) is 88.0 Å². The number of benzene rings is 3. The van der Waals surface area contributed by atoms with E-state index in [2.05, 4.69) is 26.1 Å². The maximum absolute atomic E-state index is 13.5. The van der Waals surface area contributed by atoms with Crippen LogP contribution in [-0.4, -0.2) is 115 Å². The van der Waals surface area contributed by atoms with Gasteiger partial charge in [0.15, 0.2) is 0 Å². The molecule has 13 nitrogen and oxygen atoms in total. The normalized spacial score (nSPS) is 22.8. The number of piperidine rings is 2. The Kier molecular flexibility index (Phi) is 10.1. The first kappa shape index (κ1) is 38.1. The molecule has 6 aliphatic rings. The summed E-state index contributed by atoms with van der Waals surface area (Å²) in [6.07, 6.45) is 6.46. The van der Waals surface area contributed by atoms with Gasteiger partial charge in [-0.25, -0.2) is 0 Å². The summed E-state index contributed by atoms with van der Waals surface area (Å²) >= 11 is 6.27. The zero-order valence-corrected chi connectivity index (χ0v) is 33.1. The molecule has 58 heavy (non-hydrogen) atoms. The first-order valence-electron chi connectivity index (χ1n) is 20.4. The van der Waals surface area contributed by atoms with Crippen molar-refractivity contribution in [3.63, 3.8) is 0 Å². The lowest BCUT2D eigenvalue weighted by Gasteiger charge is -2.54. The third kappa shape index (κ3) is 7.17. The van der Waals surface area contributed by atoms with Crippen LogP contribution in [0.3, 0.4) is 0 Å². The van der Waals surface area contributed by atoms with Gasteiger partial charge in [-0.05, 0) is 106 Å². The fourth-order valence-electron chi connectivity index (χ4n) is 9.86. The second kappa shape index (κ2) is 15.4. The van der Waals surface area contributed by atoms with E-state index in [1.165, 1.54) is 0 Å². The van der Waals surface area contributed by atoms with Gasteiger partial charge in [0, 0.05) is 87.2 Å². The molecule has 1 aliphatic carbocycles. The van der Waals surface area contributed by atoms with Crippen LogP contribution >= 0.6 is 11.6 Å². The summed E-state index contributed by atoms with van der Waals surface area (Å²) in [5, 5.41) is 11.9. The number of carbonyl (C=O) groups is 5. The number of carbonyl (C=O) groups excluding carboxylic acids is 5. The monoisotopic (exact) mass is 803 g/mol. The SMILES string of the molecule is N#Cc1ccc(N2CC3(CCC(Oc4ccc(C(=O)N5CCN(C6CCN(c7ccc8c(c7)C(=O)N(C7CCC(=O)NC7=O)C8=O)CC6)CC5)cc4)CC3)C2)cc1Cl. The van der Waals surface area contributed by atoms with Crippen molar-refractivity contribution in [2.24, 2.45) is 5.41 Å². The summed E-state index contributed by atoms with van der Waals surface area (Å²) in [6, 6.07) is 20.1. The lowest BCUT2D eigenvalue weighted by molar-refractivity contribution is -0.136. The molecule has 5 fully saturated rings. The number of ether oxygens (including phenoxy) is 1. The molecule has 3 aromatic rings. The van der Waals surface area contributed by atoms with Crippen LogP contribution in [0.5, 0.6) is 5.75 Å². The zero-order valence-electron chi connectivity index (χ0n) is 32.3. The Hall–Kier alpha value is -5.45. The van der Waals surface area contributed by atoms with Crippen LogP contribution in [0.2, 0.25) is 5.02 Å². The van der Waals surface area contributed by atoms with Gasteiger partial charge in [0.2, 0.25) is 11.8 Å². The van der Waals surface area contributed by atoms with E-state index in [4.69, 9.17) is 16.3 Å². The van der Waals surface area contributed by atoms with Gasteiger partial charge >= 0.3 is 0 Å². The summed E-state index contributed by atoms with van der Waals surface area (Å²) in [6.45, 7) is 6.54. The van der Waals surface area contributed by atoms with E-state index in [0.717, 1.165) is 99.8 Å². The summed E-state index contributed by atoms with van der Waals surface area (Å²) in [4.78, 5) is 74.0. The topological polar surface area (TPSA) is 147 Å². The number of anilines is 2. The van der Waals surface area contributed by atoms with E-state index in [0.29, 0.717) is 46.3 Å². The number of nitrogens with one attached hydrogen (secondary N) is 1. The molecule has 0 bridgehead atoms. The Morgan fingerprint density at radius 3 is 2.12 bits per heavy atom. The van der Waals surface area contributed by atoms with Gasteiger partial charge < -0.3 is 19.4 Å². The average molecular weight is 804 g/mol. The first-order valence-corrected chi connectivity index (χ1v) is 20.8. The third-order valence-electron chi connectivity index (χ3n) is 13.3. The van der Waals surface area contributed by atoms with Crippen LogP contribution in [0.4, 0.5) is 11.4 Å². The molecule has 0 aromatic heterocycles. The molecule has 9 rings (SSSR count). The fraction of sp³-hybridized carbons (Fsp3) is 0.455. The van der Waals surface area contributed by atoms with Gasteiger partial charge in [0.05, 0.1) is 27.8 Å². The lowest BCUT2D eigenvalue weighted by atomic mass is 9.67. The van der Waals surface area contributed by atoms with Crippen LogP contribution < -0.4 is 19.9 Å². The minimum Gasteiger partial charge on any atom is -0.490 e. The van der Waals surface area contributed by atoms with Crippen molar-refractivity contribution in [3.8, 4) is 11.8 Å². The number of nitriles is 1. The number of piperazine rings is 1. The fourth-order valence-corrected chi connectivity index (χ4v) is 10.1. The van der Waals surface area contributed by atoms with E-state index in [9.17, 15) is 29.2 Å². The maximum atomic E-state index is 13.5. The molecule has 1 saturated carbocycles. The Morgan fingerprint density at radius 1 is 0.776 bits per heavy atom. The van der Waals surface area contributed by atoms with Gasteiger partial charge in [-0.2, -0.15) is 5.26 Å². The van der Waals surface area contributed by atoms with Gasteiger partial charge in [-0.3, -0.25) is 39.1 Å². The average Bonchev–Trinajstić information content (AvgIpc) is 3.48. The highest BCUT2D eigenvalue weighted by molar-refractivity contribution is 6.32. The molecule has 1 atom stereocenters. The molecule has 3 aromatic carbocycles. The molecular weight excluding hydrogens is 758 g/mol. The van der Waals surface area contributed by atoms with Gasteiger partial charge in [0.1, 0.15) is 17.9 Å². The summed E-state index contributed by atoms with van der Waals surface area (Å²) < 4.78 is 6.38. The number of hydrogen-bond donors (Lipinski definition) is 1. The lowest BCUT2D eigenvalue weighted by Crippen LogP contribution is -2.58. The van der Waals surface area contributed by atoms with Crippen LogP contribution in [0.15, 0.2) is 60.7 Å². The molecule has 1 N–H and O–H groups in total. The second-order valence-electron chi connectivity index (χ2n) is 16.7. The van der Waals surface area contributed by atoms with Crippen molar-refractivity contribution in [1.82, 2.24) is 20.0 Å². The molecule has 5 aliphatic heterocycles. The molecule has 1 spiro atoms. The predicted molar refractivity (Wildman–Crippen MR) is 216 cm³/mol. The van der Waals surface area contributed by atoms with Gasteiger partial charge in [0.25, 0.3) is 17.7 Å². The largest absolute Gasteiger partial charge is 0.490 e. The quantitative estimate of drug-likeness (QED) is 0.329. The smallest absolute Gasteiger partial charge is 0.262 e. The van der Waals surface area contributed by atoms with Crippen LogP contribution in [-0.2, 0) is 9.59 Å². The standard InChI is InChI=1S/C44H46ClN7O6/c45-37-24-32(4-1-29(37)25-46)51-26-44(27-51)15-11-34(12-16-44)58-33-6-2-28(3-7-33)41(55)50-21-19-49(20-22-50)30-13-17-48(18-14-30)31-5-8-35-36(23-31)43(57)52(42(35)56)38-9-10-39(53)47-40(38)54/h1-8,23-24,30,34,38H,9-22,26-27H2,(H,47,53,54). The Labute approximate surface area is 342 Å². The number of hydrogen-bond acceptors (Lipinski definition) is 10. The summed E-state index contributed by atoms with van der Waals surface area (Å²) in [5.74, 6) is -1.16. The number of fused-ring (bicyclic) bond motifs is 1. The highest BCUT2D eigenvalue weighted by Gasteiger charge is 2.46. The summed E-state index contributed by atoms with van der Waals surface area (Å²) in [7, 11) is 0. The molecule has 5 amide bonds. The molecule has 5 heterocycles. The molecule has 1 unspecified atom stereocenters. The number of rotatable bonds is 7. The second-order valence-corrected chi connectivity index (χ2v) is 17.1. The van der Waals surface area contributed by atoms with Crippen LogP contribution in [0, 0.1) is 16.7 Å². The molecule has 0 radical (unpaired) electrons. The number of amides is 5. The van der Waals surface area contributed by atoms with Crippen molar-refractivity contribution < 1.29 is 28.7 Å². The molecular formula is C44H46ClN7O6. The van der Waals surface area contributed by atoms with Crippen molar-refractivity contribution in [3.05, 3.63) is 87.9 Å². The van der Waals surface area contributed by atoms with E-state index in [-0.39, 0.29) is 30.4 Å². The third-order valence-corrected chi connectivity index (χ3v) is 13.6.